The lowest BCUT2D eigenvalue weighted by atomic mass is 9.76. The fourth-order valence-electron chi connectivity index (χ4n) is 6.56. The first-order valence-corrected chi connectivity index (χ1v) is 12.8. The molecule has 4 aromatic rings. The smallest absolute Gasteiger partial charge is 0.00153 e. The van der Waals surface area contributed by atoms with Crippen molar-refractivity contribution in [3.05, 3.63) is 77.9 Å². The predicted octanol–water partition coefficient (Wildman–Crippen LogP) is 9.98. The molecule has 4 rings (SSSR count). The number of hydrogen-bond donors (Lipinski definition) is 0. The molecule has 178 valence electrons. The van der Waals surface area contributed by atoms with Gasteiger partial charge in [0.05, 0.1) is 0 Å². The van der Waals surface area contributed by atoms with E-state index in [0.717, 1.165) is 0 Å². The average molecular weight is 451 g/mol. The normalized spacial score (nSPS) is 11.8. The second kappa shape index (κ2) is 7.98. The van der Waals surface area contributed by atoms with Gasteiger partial charge in [0.15, 0.2) is 0 Å². The van der Waals surface area contributed by atoms with E-state index in [-0.39, 0.29) is 0 Å². The average Bonchev–Trinajstić information content (AvgIpc) is 2.81. The highest BCUT2D eigenvalue weighted by atomic mass is 14.3. The molecule has 0 heteroatoms. The van der Waals surface area contributed by atoms with E-state index in [1.165, 1.54) is 111 Å². The molecule has 0 fully saturated rings. The maximum absolute atomic E-state index is 2.36. The Labute approximate surface area is 207 Å². The van der Waals surface area contributed by atoms with E-state index in [2.05, 4.69) is 96.9 Å². The van der Waals surface area contributed by atoms with Gasteiger partial charge in [-0.3, -0.25) is 0 Å². The maximum Gasteiger partial charge on any atom is -0.00153 e. The fraction of sp³-hybridized carbons (Fsp3) is 0.412. The van der Waals surface area contributed by atoms with Gasteiger partial charge in [0.1, 0.15) is 0 Å². The minimum absolute atomic E-state index is 1.43. The van der Waals surface area contributed by atoms with Crippen LogP contribution in [0.15, 0.2) is 0 Å². The minimum atomic E-state index is 1.43. The molecule has 0 aliphatic rings. The van der Waals surface area contributed by atoms with Gasteiger partial charge in [-0.25, -0.2) is 0 Å². The summed E-state index contributed by atoms with van der Waals surface area (Å²) in [7, 11) is 0. The molecule has 0 aromatic heterocycles. The van der Waals surface area contributed by atoms with Gasteiger partial charge in [0.2, 0.25) is 0 Å². The molecule has 0 heterocycles. The molecule has 34 heavy (non-hydrogen) atoms. The molecule has 0 spiro atoms. The van der Waals surface area contributed by atoms with E-state index in [1.807, 2.05) is 0 Å². The minimum Gasteiger partial charge on any atom is -0.0447 e. The van der Waals surface area contributed by atoms with Gasteiger partial charge in [-0.15, -0.1) is 0 Å². The Morgan fingerprint density at radius 1 is 0.176 bits per heavy atom. The Bertz CT molecular complexity index is 1440. The molecule has 4 aromatic carbocycles. The van der Waals surface area contributed by atoms with Crippen LogP contribution in [0.1, 0.15) is 77.9 Å². The molecule has 0 nitrogen and oxygen atoms in total. The van der Waals surface area contributed by atoms with Crippen LogP contribution in [0.3, 0.4) is 0 Å². The van der Waals surface area contributed by atoms with Gasteiger partial charge in [0, 0.05) is 0 Å². The molecule has 0 unspecified atom stereocenters. The van der Waals surface area contributed by atoms with Crippen molar-refractivity contribution < 1.29 is 0 Å². The highest BCUT2D eigenvalue weighted by Gasteiger charge is 2.26. The van der Waals surface area contributed by atoms with E-state index in [4.69, 9.17) is 0 Å². The summed E-state index contributed by atoms with van der Waals surface area (Å²) in [6.45, 7) is 32.5. The molecular weight excluding hydrogens is 408 g/mol. The molecule has 0 saturated heterocycles. The first-order valence-electron chi connectivity index (χ1n) is 12.8. The van der Waals surface area contributed by atoms with Crippen molar-refractivity contribution >= 4 is 21.5 Å². The summed E-state index contributed by atoms with van der Waals surface area (Å²) in [4.78, 5) is 0. The first kappa shape index (κ1) is 24.5. The molecule has 0 atom stereocenters. The first-order chi connectivity index (χ1) is 15.7. The third-order valence-electron chi connectivity index (χ3n) is 9.88. The van der Waals surface area contributed by atoms with Crippen molar-refractivity contribution in [1.29, 1.82) is 0 Å². The molecule has 0 aliphatic carbocycles. The Kier molecular flexibility index (Phi) is 5.75. The zero-order chi connectivity index (χ0) is 25.5. The molecule has 0 amide bonds. The highest BCUT2D eigenvalue weighted by Crippen LogP contribution is 2.49. The van der Waals surface area contributed by atoms with Crippen LogP contribution in [0.2, 0.25) is 0 Å². The van der Waals surface area contributed by atoms with Gasteiger partial charge >= 0.3 is 0 Å². The van der Waals surface area contributed by atoms with Crippen LogP contribution < -0.4 is 0 Å². The van der Waals surface area contributed by atoms with Crippen LogP contribution >= 0.6 is 0 Å². The summed E-state index contributed by atoms with van der Waals surface area (Å²) in [5.74, 6) is 0. The molecule has 0 radical (unpaired) electrons. The Morgan fingerprint density at radius 3 is 0.735 bits per heavy atom. The van der Waals surface area contributed by atoms with Crippen molar-refractivity contribution in [2.45, 2.75) is 96.9 Å². The van der Waals surface area contributed by atoms with E-state index in [1.54, 1.807) is 0 Å². The van der Waals surface area contributed by atoms with Crippen LogP contribution in [-0.4, -0.2) is 0 Å². The summed E-state index contributed by atoms with van der Waals surface area (Å²) in [5.41, 5.74) is 23.0. The predicted molar refractivity (Wildman–Crippen MR) is 153 cm³/mol. The second-order valence-electron chi connectivity index (χ2n) is 11.0. The number of hydrogen-bond acceptors (Lipinski definition) is 0. The molecule has 0 N–H and O–H groups in total. The molecule has 0 bridgehead atoms. The highest BCUT2D eigenvalue weighted by molar-refractivity contribution is 6.20. The van der Waals surface area contributed by atoms with Crippen LogP contribution in [-0.2, 0) is 0 Å². The van der Waals surface area contributed by atoms with Crippen molar-refractivity contribution in [1.82, 2.24) is 0 Å². The van der Waals surface area contributed by atoms with Gasteiger partial charge in [-0.2, -0.15) is 0 Å². The summed E-state index contributed by atoms with van der Waals surface area (Å²) in [6, 6.07) is 0. The Morgan fingerprint density at radius 2 is 0.412 bits per heavy atom. The largest absolute Gasteiger partial charge is 0.0447 e. The van der Waals surface area contributed by atoms with Crippen LogP contribution in [0.25, 0.3) is 32.7 Å². The van der Waals surface area contributed by atoms with Crippen LogP contribution in [0.5, 0.6) is 0 Å². The summed E-state index contributed by atoms with van der Waals surface area (Å²) in [5, 5.41) is 5.85. The number of fused-ring (bicyclic) bond motifs is 2. The van der Waals surface area contributed by atoms with Crippen LogP contribution in [0, 0.1) is 96.9 Å². The zero-order valence-electron chi connectivity index (χ0n) is 24.0. The second-order valence-corrected chi connectivity index (χ2v) is 11.0. The quantitative estimate of drug-likeness (QED) is 0.253. The SMILES string of the molecule is Cc1c(C)c(C)c(-c2c3c(C)c(C)c(C)c(C)c3c(C)c3c(C)c(C)c(C)c(C)c23)c(C)c1C. The van der Waals surface area contributed by atoms with Gasteiger partial charge in [-0.1, -0.05) is 0 Å². The standard InChI is InChI=1S/C34H42/c1-15-16(2)22(8)29(23(9)17(15)3)34-32-26(12)20(6)18(4)24(10)30(32)28(14)31-25(11)19(5)21(7)27(13)33(31)34/h1-14H3. The third-order valence-corrected chi connectivity index (χ3v) is 9.88. The van der Waals surface area contributed by atoms with E-state index < -0.39 is 0 Å². The topological polar surface area (TPSA) is 0 Å². The zero-order valence-corrected chi connectivity index (χ0v) is 24.0. The van der Waals surface area contributed by atoms with E-state index in [0.29, 0.717) is 0 Å². The molecule has 0 aliphatic heterocycles. The lowest BCUT2D eigenvalue weighted by Gasteiger charge is -2.28. The van der Waals surface area contributed by atoms with Crippen molar-refractivity contribution in [2.75, 3.05) is 0 Å². The Balaban J connectivity index is 2.55. The Hall–Kier alpha value is -2.60. The van der Waals surface area contributed by atoms with Gasteiger partial charge in [-0.05, 0) is 207 Å². The number of benzene rings is 4. The van der Waals surface area contributed by atoms with Gasteiger partial charge < -0.3 is 0 Å². The van der Waals surface area contributed by atoms with Crippen molar-refractivity contribution in [2.24, 2.45) is 0 Å². The van der Waals surface area contributed by atoms with E-state index >= 15 is 0 Å². The summed E-state index contributed by atoms with van der Waals surface area (Å²) < 4.78 is 0. The number of aryl methyl sites for hydroxylation is 5. The maximum atomic E-state index is 2.36. The summed E-state index contributed by atoms with van der Waals surface area (Å²) in [6.07, 6.45) is 0. The van der Waals surface area contributed by atoms with Crippen molar-refractivity contribution in [3.63, 3.8) is 0 Å². The lowest BCUT2D eigenvalue weighted by molar-refractivity contribution is 1.18. The summed E-state index contributed by atoms with van der Waals surface area (Å²) >= 11 is 0. The van der Waals surface area contributed by atoms with Crippen molar-refractivity contribution in [3.8, 4) is 11.1 Å². The third kappa shape index (κ3) is 2.97. The van der Waals surface area contributed by atoms with E-state index in [9.17, 15) is 0 Å². The molecular formula is C34H42. The number of rotatable bonds is 1. The fourth-order valence-corrected chi connectivity index (χ4v) is 6.56. The molecule has 0 saturated carbocycles. The monoisotopic (exact) mass is 450 g/mol. The lowest BCUT2D eigenvalue weighted by Crippen LogP contribution is -2.06. The van der Waals surface area contributed by atoms with Crippen LogP contribution in [0.4, 0.5) is 0 Å². The van der Waals surface area contributed by atoms with Gasteiger partial charge in [0.25, 0.3) is 0 Å².